The molecule has 1 aliphatic heterocycles. The summed E-state index contributed by atoms with van der Waals surface area (Å²) in [7, 11) is 1.62. The van der Waals surface area contributed by atoms with Gasteiger partial charge in [-0.1, -0.05) is 12.1 Å². The molecule has 1 aromatic heterocycles. The van der Waals surface area contributed by atoms with Crippen LogP contribution in [0.4, 0.5) is 11.4 Å². The molecule has 6 rings (SSSR count). The fraction of sp³-hybridized carbons (Fsp3) is 0.281. The van der Waals surface area contributed by atoms with Crippen LogP contribution >= 0.6 is 0 Å². The quantitative estimate of drug-likeness (QED) is 0.255. The van der Waals surface area contributed by atoms with Crippen LogP contribution < -0.4 is 20.1 Å². The van der Waals surface area contributed by atoms with E-state index in [0.29, 0.717) is 30.0 Å². The summed E-state index contributed by atoms with van der Waals surface area (Å²) in [6.45, 7) is 3.10. The van der Waals surface area contributed by atoms with Crippen molar-refractivity contribution < 1.29 is 19.1 Å². The van der Waals surface area contributed by atoms with Gasteiger partial charge in [-0.2, -0.15) is 0 Å². The average molecular weight is 537 g/mol. The Kier molecular flexibility index (Phi) is 7.09. The number of ether oxygens (including phenoxy) is 2. The van der Waals surface area contributed by atoms with Crippen molar-refractivity contribution in [2.75, 3.05) is 30.8 Å². The Morgan fingerprint density at radius 1 is 0.875 bits per heavy atom. The molecule has 8 heteroatoms. The third kappa shape index (κ3) is 5.49. The van der Waals surface area contributed by atoms with Crippen LogP contribution in [-0.4, -0.2) is 41.9 Å². The Morgan fingerprint density at radius 2 is 1.60 bits per heavy atom. The standard InChI is InChI=1S/C32H32N4O4/c1-39-26-11-12-27-28(20-26)33-16-13-29(27)40-25-9-7-23(8-10-25)34-30(37)32(14-15-32)31(38)35-24-6-4-5-22(19-24)21-36-17-2-3-18-36/h4-13,16,19-20H,2-3,14-15,17-18,21H2,1H3,(H,34,37)(H,35,38). The number of likely N-dealkylation sites (tertiary alicyclic amines) is 1. The van der Waals surface area contributed by atoms with Crippen LogP contribution in [0.1, 0.15) is 31.2 Å². The molecule has 204 valence electrons. The minimum absolute atomic E-state index is 0.260. The zero-order chi connectivity index (χ0) is 27.5. The van der Waals surface area contributed by atoms with Crippen LogP contribution in [0.15, 0.2) is 79.0 Å². The molecule has 2 aliphatic rings. The zero-order valence-electron chi connectivity index (χ0n) is 22.5. The molecule has 2 amide bonds. The van der Waals surface area contributed by atoms with Crippen molar-refractivity contribution >= 4 is 34.1 Å². The van der Waals surface area contributed by atoms with E-state index in [2.05, 4.69) is 26.6 Å². The fourth-order valence-corrected chi connectivity index (χ4v) is 5.18. The molecule has 8 nitrogen and oxygen atoms in total. The van der Waals surface area contributed by atoms with Crippen LogP contribution in [0.2, 0.25) is 0 Å². The van der Waals surface area contributed by atoms with Gasteiger partial charge in [0, 0.05) is 35.6 Å². The maximum Gasteiger partial charge on any atom is 0.240 e. The van der Waals surface area contributed by atoms with Gasteiger partial charge >= 0.3 is 0 Å². The molecule has 1 aliphatic carbocycles. The number of carbonyl (C=O) groups excluding carboxylic acids is 2. The number of amides is 2. The molecule has 2 N–H and O–H groups in total. The Hall–Kier alpha value is -4.43. The van der Waals surface area contributed by atoms with E-state index in [4.69, 9.17) is 9.47 Å². The molecule has 2 fully saturated rings. The summed E-state index contributed by atoms with van der Waals surface area (Å²) in [6, 6.07) is 22.5. The number of benzene rings is 3. The normalized spacial score (nSPS) is 15.9. The number of aromatic nitrogens is 1. The Morgan fingerprint density at radius 3 is 2.33 bits per heavy atom. The average Bonchev–Trinajstić information content (AvgIpc) is 3.64. The third-order valence-electron chi connectivity index (χ3n) is 7.66. The van der Waals surface area contributed by atoms with E-state index in [1.165, 1.54) is 12.8 Å². The number of carbonyl (C=O) groups is 2. The highest BCUT2D eigenvalue weighted by Crippen LogP contribution is 2.47. The molecule has 1 saturated heterocycles. The van der Waals surface area contributed by atoms with Crippen LogP contribution in [0.5, 0.6) is 17.2 Å². The van der Waals surface area contributed by atoms with Gasteiger partial charge in [-0.25, -0.2) is 0 Å². The van der Waals surface area contributed by atoms with Crippen molar-refractivity contribution in [1.29, 1.82) is 0 Å². The number of pyridine rings is 1. The summed E-state index contributed by atoms with van der Waals surface area (Å²) in [5.74, 6) is 1.47. The first-order valence-electron chi connectivity index (χ1n) is 13.7. The summed E-state index contributed by atoms with van der Waals surface area (Å²) >= 11 is 0. The van der Waals surface area contributed by atoms with E-state index in [-0.39, 0.29) is 11.8 Å². The smallest absolute Gasteiger partial charge is 0.240 e. The van der Waals surface area contributed by atoms with Crippen LogP contribution in [0.25, 0.3) is 10.9 Å². The monoisotopic (exact) mass is 536 g/mol. The lowest BCUT2D eigenvalue weighted by atomic mass is 10.0. The molecule has 0 radical (unpaired) electrons. The summed E-state index contributed by atoms with van der Waals surface area (Å²) in [5.41, 5.74) is 2.22. The van der Waals surface area contributed by atoms with Crippen molar-refractivity contribution in [1.82, 2.24) is 9.88 Å². The summed E-state index contributed by atoms with van der Waals surface area (Å²) in [4.78, 5) is 33.2. The van der Waals surface area contributed by atoms with E-state index >= 15 is 0 Å². The number of hydrogen-bond acceptors (Lipinski definition) is 6. The van der Waals surface area contributed by atoms with Crippen molar-refractivity contribution in [3.05, 3.63) is 84.6 Å². The molecule has 4 aromatic rings. The highest BCUT2D eigenvalue weighted by atomic mass is 16.5. The first-order chi connectivity index (χ1) is 19.5. The van der Waals surface area contributed by atoms with Crippen molar-refractivity contribution in [2.45, 2.75) is 32.2 Å². The predicted molar refractivity (Wildman–Crippen MR) is 155 cm³/mol. The SMILES string of the molecule is COc1ccc2c(Oc3ccc(NC(=O)C4(C(=O)Nc5cccc(CN6CCCC6)c5)CC4)cc3)ccnc2c1. The molecular weight excluding hydrogens is 504 g/mol. The van der Waals surface area contributed by atoms with Gasteiger partial charge in [-0.05, 0) is 98.9 Å². The van der Waals surface area contributed by atoms with Gasteiger partial charge in [0.2, 0.25) is 11.8 Å². The number of anilines is 2. The van der Waals surface area contributed by atoms with Crippen molar-refractivity contribution in [2.24, 2.45) is 5.41 Å². The van der Waals surface area contributed by atoms with Crippen molar-refractivity contribution in [3.63, 3.8) is 0 Å². The van der Waals surface area contributed by atoms with E-state index in [0.717, 1.165) is 47.5 Å². The van der Waals surface area contributed by atoms with E-state index in [1.54, 1.807) is 37.6 Å². The van der Waals surface area contributed by atoms with E-state index in [9.17, 15) is 9.59 Å². The number of rotatable bonds is 9. The molecule has 0 spiro atoms. The molecule has 0 atom stereocenters. The number of hydrogen-bond donors (Lipinski definition) is 2. The second-order valence-electron chi connectivity index (χ2n) is 10.5. The van der Waals surface area contributed by atoms with E-state index < -0.39 is 5.41 Å². The molecule has 3 aromatic carbocycles. The van der Waals surface area contributed by atoms with Gasteiger partial charge in [-0.3, -0.25) is 19.5 Å². The van der Waals surface area contributed by atoms with Crippen LogP contribution in [0, 0.1) is 5.41 Å². The topological polar surface area (TPSA) is 92.8 Å². The molecular formula is C32H32N4O4. The summed E-state index contributed by atoms with van der Waals surface area (Å²) in [6.07, 6.45) is 5.22. The third-order valence-corrected chi connectivity index (χ3v) is 7.66. The van der Waals surface area contributed by atoms with Gasteiger partial charge in [0.15, 0.2) is 0 Å². The summed E-state index contributed by atoms with van der Waals surface area (Å²) < 4.78 is 11.4. The lowest BCUT2D eigenvalue weighted by Crippen LogP contribution is -2.35. The van der Waals surface area contributed by atoms with E-state index in [1.807, 2.05) is 42.5 Å². The maximum absolute atomic E-state index is 13.2. The largest absolute Gasteiger partial charge is 0.497 e. The fourth-order valence-electron chi connectivity index (χ4n) is 5.18. The van der Waals surface area contributed by atoms with Gasteiger partial charge < -0.3 is 20.1 Å². The second-order valence-corrected chi connectivity index (χ2v) is 10.5. The molecule has 0 unspecified atom stereocenters. The minimum Gasteiger partial charge on any atom is -0.497 e. The first kappa shape index (κ1) is 25.8. The second kappa shape index (κ2) is 11.0. The Balaban J connectivity index is 1.08. The lowest BCUT2D eigenvalue weighted by molar-refractivity contribution is -0.131. The van der Waals surface area contributed by atoms with Crippen LogP contribution in [-0.2, 0) is 16.1 Å². The minimum atomic E-state index is -1.04. The molecule has 1 saturated carbocycles. The number of nitrogens with one attached hydrogen (secondary N) is 2. The molecule has 40 heavy (non-hydrogen) atoms. The van der Waals surface area contributed by atoms with Gasteiger partial charge in [0.05, 0.1) is 12.6 Å². The van der Waals surface area contributed by atoms with Crippen LogP contribution in [0.3, 0.4) is 0 Å². The Labute approximate surface area is 233 Å². The highest BCUT2D eigenvalue weighted by molar-refractivity contribution is 6.16. The number of nitrogens with zero attached hydrogens (tertiary/aromatic N) is 2. The summed E-state index contributed by atoms with van der Waals surface area (Å²) in [5, 5.41) is 6.77. The van der Waals surface area contributed by atoms with Crippen molar-refractivity contribution in [3.8, 4) is 17.2 Å². The number of methoxy groups -OCH3 is 1. The van der Waals surface area contributed by atoms with Gasteiger partial charge in [0.1, 0.15) is 22.7 Å². The first-order valence-corrected chi connectivity index (χ1v) is 13.7. The Bertz CT molecular complexity index is 1540. The highest BCUT2D eigenvalue weighted by Gasteiger charge is 2.56. The lowest BCUT2D eigenvalue weighted by Gasteiger charge is -2.17. The predicted octanol–water partition coefficient (Wildman–Crippen LogP) is 5.99. The maximum atomic E-state index is 13.2. The van der Waals surface area contributed by atoms with Gasteiger partial charge in [-0.15, -0.1) is 0 Å². The molecule has 2 heterocycles. The van der Waals surface area contributed by atoms with Gasteiger partial charge in [0.25, 0.3) is 0 Å². The molecule has 0 bridgehead atoms. The number of fused-ring (bicyclic) bond motifs is 1. The zero-order valence-corrected chi connectivity index (χ0v) is 22.5.